The molecule has 0 radical (unpaired) electrons. The Morgan fingerprint density at radius 1 is 0.923 bits per heavy atom. The van der Waals surface area contributed by atoms with Crippen molar-refractivity contribution in [1.29, 1.82) is 0 Å². The van der Waals surface area contributed by atoms with Crippen molar-refractivity contribution >= 4 is 11.8 Å². The lowest BCUT2D eigenvalue weighted by atomic mass is 10.2. The van der Waals surface area contributed by atoms with Gasteiger partial charge in [0.2, 0.25) is 5.82 Å². The van der Waals surface area contributed by atoms with Gasteiger partial charge in [-0.3, -0.25) is 4.57 Å². The van der Waals surface area contributed by atoms with E-state index in [0.29, 0.717) is 6.54 Å². The lowest BCUT2D eigenvalue weighted by Gasteiger charge is -2.13. The van der Waals surface area contributed by atoms with E-state index in [2.05, 4.69) is 58.1 Å². The van der Waals surface area contributed by atoms with Crippen LogP contribution in [0.15, 0.2) is 88.6 Å². The summed E-state index contributed by atoms with van der Waals surface area (Å²) in [6.45, 7) is 2.89. The average molecular weight is 361 g/mol. The van der Waals surface area contributed by atoms with Gasteiger partial charge in [-0.05, 0) is 30.2 Å². The van der Waals surface area contributed by atoms with Gasteiger partial charge < -0.3 is 4.42 Å². The molecule has 0 amide bonds. The number of rotatable bonds is 6. The largest absolute Gasteiger partial charge is 0.461 e. The Bertz CT molecular complexity index is 950. The average Bonchev–Trinajstić information content (AvgIpc) is 3.34. The first-order valence-electron chi connectivity index (χ1n) is 8.54. The Kier molecular flexibility index (Phi) is 4.88. The number of benzene rings is 2. The molecule has 0 saturated heterocycles. The molecule has 26 heavy (non-hydrogen) atoms. The molecule has 5 heteroatoms. The second-order valence-electron chi connectivity index (χ2n) is 6.03. The summed E-state index contributed by atoms with van der Waals surface area (Å²) < 4.78 is 7.69. The van der Waals surface area contributed by atoms with Crippen LogP contribution in [0.3, 0.4) is 0 Å². The maximum atomic E-state index is 5.57. The summed E-state index contributed by atoms with van der Waals surface area (Å²) in [6.07, 6.45) is 1.66. The van der Waals surface area contributed by atoms with Crippen LogP contribution in [-0.4, -0.2) is 14.8 Å². The molecule has 1 atom stereocenters. The topological polar surface area (TPSA) is 43.9 Å². The molecule has 0 aliphatic heterocycles. The first-order chi connectivity index (χ1) is 12.8. The maximum absolute atomic E-state index is 5.57. The highest BCUT2D eigenvalue weighted by molar-refractivity contribution is 7.99. The minimum Gasteiger partial charge on any atom is -0.461 e. The fourth-order valence-corrected chi connectivity index (χ4v) is 3.80. The van der Waals surface area contributed by atoms with E-state index < -0.39 is 0 Å². The fourth-order valence-electron chi connectivity index (χ4n) is 2.82. The zero-order valence-electron chi connectivity index (χ0n) is 14.4. The number of aromatic nitrogens is 3. The maximum Gasteiger partial charge on any atom is 0.200 e. The van der Waals surface area contributed by atoms with Crippen LogP contribution in [0.1, 0.15) is 23.3 Å². The molecule has 4 rings (SSSR count). The Balaban J connectivity index is 1.68. The van der Waals surface area contributed by atoms with Gasteiger partial charge in [-0.25, -0.2) is 0 Å². The molecule has 0 spiro atoms. The molecule has 0 aliphatic rings. The zero-order valence-corrected chi connectivity index (χ0v) is 15.3. The standard InChI is InChI=1S/C21H19N3OS/c1-16(18-11-6-3-7-12-18)26-21-23-22-20(19-13-8-14-25-19)24(21)15-17-9-4-2-5-10-17/h2-14,16H,15H2,1H3. The third-order valence-electron chi connectivity index (χ3n) is 4.19. The third-order valence-corrected chi connectivity index (χ3v) is 5.33. The van der Waals surface area contributed by atoms with Crippen molar-refractivity contribution in [2.45, 2.75) is 23.9 Å². The molecule has 0 aliphatic carbocycles. The van der Waals surface area contributed by atoms with Crippen molar-refractivity contribution in [3.63, 3.8) is 0 Å². The van der Waals surface area contributed by atoms with Gasteiger partial charge in [-0.15, -0.1) is 10.2 Å². The van der Waals surface area contributed by atoms with Crippen molar-refractivity contribution in [2.75, 3.05) is 0 Å². The zero-order chi connectivity index (χ0) is 17.8. The van der Waals surface area contributed by atoms with Gasteiger partial charge >= 0.3 is 0 Å². The summed E-state index contributed by atoms with van der Waals surface area (Å²) in [7, 11) is 0. The first-order valence-corrected chi connectivity index (χ1v) is 9.42. The SMILES string of the molecule is CC(Sc1nnc(-c2ccco2)n1Cc1ccccc1)c1ccccc1. The summed E-state index contributed by atoms with van der Waals surface area (Å²) in [4.78, 5) is 0. The van der Waals surface area contributed by atoms with Gasteiger partial charge in [0.1, 0.15) is 0 Å². The molecule has 2 aromatic carbocycles. The van der Waals surface area contributed by atoms with Gasteiger partial charge in [0.05, 0.1) is 12.8 Å². The van der Waals surface area contributed by atoms with E-state index in [0.717, 1.165) is 16.7 Å². The van der Waals surface area contributed by atoms with Gasteiger partial charge in [-0.2, -0.15) is 0 Å². The van der Waals surface area contributed by atoms with E-state index in [1.165, 1.54) is 11.1 Å². The van der Waals surface area contributed by atoms with E-state index in [1.807, 2.05) is 36.4 Å². The van der Waals surface area contributed by atoms with Crippen LogP contribution < -0.4 is 0 Å². The smallest absolute Gasteiger partial charge is 0.200 e. The predicted molar refractivity (Wildman–Crippen MR) is 104 cm³/mol. The van der Waals surface area contributed by atoms with Crippen LogP contribution in [-0.2, 0) is 6.54 Å². The molecule has 0 fully saturated rings. The molecule has 130 valence electrons. The van der Waals surface area contributed by atoms with Gasteiger partial charge in [0.25, 0.3) is 0 Å². The van der Waals surface area contributed by atoms with E-state index >= 15 is 0 Å². The Labute approximate surface area is 156 Å². The molecular weight excluding hydrogens is 342 g/mol. The summed E-state index contributed by atoms with van der Waals surface area (Å²) in [5, 5.41) is 10.0. The van der Waals surface area contributed by atoms with Crippen molar-refractivity contribution in [1.82, 2.24) is 14.8 Å². The minimum atomic E-state index is 0.277. The normalized spacial score (nSPS) is 12.2. The molecule has 2 heterocycles. The molecule has 0 bridgehead atoms. The minimum absolute atomic E-state index is 0.277. The van der Waals surface area contributed by atoms with Crippen LogP contribution in [0.2, 0.25) is 0 Å². The van der Waals surface area contributed by atoms with Crippen molar-refractivity contribution in [3.8, 4) is 11.6 Å². The molecule has 4 nitrogen and oxygen atoms in total. The highest BCUT2D eigenvalue weighted by Gasteiger charge is 2.19. The van der Waals surface area contributed by atoms with Gasteiger partial charge in [0, 0.05) is 5.25 Å². The Hall–Kier alpha value is -2.79. The van der Waals surface area contributed by atoms with E-state index in [9.17, 15) is 0 Å². The molecular formula is C21H19N3OS. The van der Waals surface area contributed by atoms with E-state index in [-0.39, 0.29) is 5.25 Å². The Morgan fingerprint density at radius 3 is 2.35 bits per heavy atom. The van der Waals surface area contributed by atoms with Crippen LogP contribution in [0.5, 0.6) is 0 Å². The summed E-state index contributed by atoms with van der Waals surface area (Å²) >= 11 is 1.71. The highest BCUT2D eigenvalue weighted by atomic mass is 32.2. The number of hydrogen-bond acceptors (Lipinski definition) is 4. The van der Waals surface area contributed by atoms with E-state index in [4.69, 9.17) is 4.42 Å². The lowest BCUT2D eigenvalue weighted by Crippen LogP contribution is -2.04. The number of furan rings is 1. The lowest BCUT2D eigenvalue weighted by molar-refractivity contribution is 0.569. The van der Waals surface area contributed by atoms with Crippen molar-refractivity contribution in [3.05, 3.63) is 90.2 Å². The molecule has 0 saturated carbocycles. The monoisotopic (exact) mass is 361 g/mol. The summed E-state index contributed by atoms with van der Waals surface area (Å²) in [6, 6.07) is 24.6. The molecule has 4 aromatic rings. The van der Waals surface area contributed by atoms with Gasteiger partial charge in [0.15, 0.2) is 10.9 Å². The number of nitrogens with zero attached hydrogens (tertiary/aromatic N) is 3. The molecule has 2 aromatic heterocycles. The molecule has 1 unspecified atom stereocenters. The highest BCUT2D eigenvalue weighted by Crippen LogP contribution is 2.35. The number of hydrogen-bond donors (Lipinski definition) is 0. The van der Waals surface area contributed by atoms with E-state index in [1.54, 1.807) is 18.0 Å². The predicted octanol–water partition coefficient (Wildman–Crippen LogP) is 5.44. The summed E-state index contributed by atoms with van der Waals surface area (Å²) in [5.74, 6) is 1.48. The Morgan fingerprint density at radius 2 is 1.65 bits per heavy atom. The van der Waals surface area contributed by atoms with Crippen LogP contribution >= 0.6 is 11.8 Å². The number of thioether (sulfide) groups is 1. The van der Waals surface area contributed by atoms with Crippen LogP contribution in [0.4, 0.5) is 0 Å². The van der Waals surface area contributed by atoms with Crippen LogP contribution in [0, 0.1) is 0 Å². The second-order valence-corrected chi connectivity index (χ2v) is 7.33. The quantitative estimate of drug-likeness (QED) is 0.429. The third kappa shape index (κ3) is 3.58. The first kappa shape index (κ1) is 16.7. The van der Waals surface area contributed by atoms with Crippen LogP contribution in [0.25, 0.3) is 11.6 Å². The van der Waals surface area contributed by atoms with Gasteiger partial charge in [-0.1, -0.05) is 72.4 Å². The van der Waals surface area contributed by atoms with Crippen molar-refractivity contribution in [2.24, 2.45) is 0 Å². The second kappa shape index (κ2) is 7.62. The molecule has 0 N–H and O–H groups in total. The van der Waals surface area contributed by atoms with Crippen molar-refractivity contribution < 1.29 is 4.42 Å². The summed E-state index contributed by atoms with van der Waals surface area (Å²) in [5.41, 5.74) is 2.47. The fraction of sp³-hybridized carbons (Fsp3) is 0.143.